The van der Waals surface area contributed by atoms with Gasteiger partial charge in [-0.2, -0.15) is 4.31 Å². The van der Waals surface area contributed by atoms with Crippen molar-refractivity contribution in [2.75, 3.05) is 40.4 Å². The molecule has 0 aromatic rings. The largest absolute Gasteiger partial charge is 0.383 e. The van der Waals surface area contributed by atoms with E-state index in [9.17, 15) is 13.2 Å². The van der Waals surface area contributed by atoms with E-state index in [-0.39, 0.29) is 19.0 Å². The standard InChI is InChI=1S/C9H21N3O4S/c1-8(6-10)17(14,15)12(2)7-9(13)11-4-5-16-3/h8H,4-7,10H2,1-3H3,(H,11,13). The molecular weight excluding hydrogens is 246 g/mol. The molecule has 3 N–H and O–H groups in total. The van der Waals surface area contributed by atoms with Gasteiger partial charge >= 0.3 is 0 Å². The number of carbonyl (C=O) groups excluding carboxylic acids is 1. The number of ether oxygens (including phenoxy) is 1. The van der Waals surface area contributed by atoms with Crippen molar-refractivity contribution in [3.8, 4) is 0 Å². The Labute approximate surface area is 102 Å². The summed E-state index contributed by atoms with van der Waals surface area (Å²) in [6.45, 7) is 2.07. The van der Waals surface area contributed by atoms with Crippen molar-refractivity contribution < 1.29 is 17.9 Å². The van der Waals surface area contributed by atoms with Crippen LogP contribution in [0.3, 0.4) is 0 Å². The average Bonchev–Trinajstić information content (AvgIpc) is 2.28. The second-order valence-corrected chi connectivity index (χ2v) is 6.15. The molecule has 0 heterocycles. The minimum atomic E-state index is -3.50. The summed E-state index contributed by atoms with van der Waals surface area (Å²) >= 11 is 0. The summed E-state index contributed by atoms with van der Waals surface area (Å²) in [5.74, 6) is -0.364. The maximum Gasteiger partial charge on any atom is 0.235 e. The van der Waals surface area contributed by atoms with Crippen LogP contribution in [-0.4, -0.2) is 64.3 Å². The van der Waals surface area contributed by atoms with Crippen molar-refractivity contribution in [2.45, 2.75) is 12.2 Å². The van der Waals surface area contributed by atoms with Gasteiger partial charge in [0, 0.05) is 27.2 Å². The molecule has 17 heavy (non-hydrogen) atoms. The third-order valence-electron chi connectivity index (χ3n) is 2.27. The lowest BCUT2D eigenvalue weighted by Crippen LogP contribution is -2.44. The van der Waals surface area contributed by atoms with E-state index in [4.69, 9.17) is 10.5 Å². The molecule has 1 amide bonds. The van der Waals surface area contributed by atoms with Gasteiger partial charge in [0.2, 0.25) is 15.9 Å². The third kappa shape index (κ3) is 5.44. The second kappa shape index (κ2) is 7.59. The SMILES string of the molecule is COCCNC(=O)CN(C)S(=O)(=O)C(C)CN. The Morgan fingerprint density at radius 3 is 2.59 bits per heavy atom. The van der Waals surface area contributed by atoms with E-state index >= 15 is 0 Å². The molecule has 8 heteroatoms. The van der Waals surface area contributed by atoms with Crippen LogP contribution in [-0.2, 0) is 19.6 Å². The van der Waals surface area contributed by atoms with Gasteiger partial charge in [-0.15, -0.1) is 0 Å². The highest BCUT2D eigenvalue weighted by Crippen LogP contribution is 2.04. The Kier molecular flexibility index (Phi) is 7.28. The number of nitrogens with two attached hydrogens (primary N) is 1. The summed E-state index contributed by atoms with van der Waals surface area (Å²) in [5.41, 5.74) is 5.30. The number of methoxy groups -OCH3 is 1. The fourth-order valence-corrected chi connectivity index (χ4v) is 2.22. The Balaban J connectivity index is 4.25. The van der Waals surface area contributed by atoms with Gasteiger partial charge in [-0.3, -0.25) is 4.79 Å². The molecule has 0 aliphatic heterocycles. The van der Waals surface area contributed by atoms with E-state index < -0.39 is 15.3 Å². The Hall–Kier alpha value is -0.700. The zero-order chi connectivity index (χ0) is 13.5. The molecular formula is C9H21N3O4S. The highest BCUT2D eigenvalue weighted by atomic mass is 32.2. The number of amides is 1. The number of nitrogens with one attached hydrogen (secondary N) is 1. The van der Waals surface area contributed by atoms with Gasteiger partial charge in [-0.05, 0) is 6.92 Å². The Bertz CT molecular complexity index is 331. The van der Waals surface area contributed by atoms with Gasteiger partial charge in [0.05, 0.1) is 18.4 Å². The average molecular weight is 267 g/mol. The van der Waals surface area contributed by atoms with E-state index in [1.54, 1.807) is 0 Å². The molecule has 0 bridgehead atoms. The van der Waals surface area contributed by atoms with Crippen LogP contribution in [0, 0.1) is 0 Å². The fraction of sp³-hybridized carbons (Fsp3) is 0.889. The van der Waals surface area contributed by atoms with Crippen LogP contribution in [0.1, 0.15) is 6.92 Å². The van der Waals surface area contributed by atoms with Crippen LogP contribution in [0.25, 0.3) is 0 Å². The van der Waals surface area contributed by atoms with Crippen LogP contribution >= 0.6 is 0 Å². The van der Waals surface area contributed by atoms with Gasteiger partial charge in [0.25, 0.3) is 0 Å². The molecule has 0 radical (unpaired) electrons. The molecule has 0 rings (SSSR count). The summed E-state index contributed by atoms with van der Waals surface area (Å²) in [4.78, 5) is 11.4. The monoisotopic (exact) mass is 267 g/mol. The van der Waals surface area contributed by atoms with E-state index in [2.05, 4.69) is 5.32 Å². The normalized spacial score (nSPS) is 13.7. The minimum Gasteiger partial charge on any atom is -0.383 e. The number of sulfonamides is 1. The molecule has 1 unspecified atom stereocenters. The van der Waals surface area contributed by atoms with Gasteiger partial charge in [0.1, 0.15) is 0 Å². The first-order chi connectivity index (χ1) is 7.86. The smallest absolute Gasteiger partial charge is 0.235 e. The molecule has 0 spiro atoms. The van der Waals surface area contributed by atoms with Crippen LogP contribution in [0.2, 0.25) is 0 Å². The van der Waals surface area contributed by atoms with Crippen molar-refractivity contribution in [2.24, 2.45) is 5.73 Å². The zero-order valence-corrected chi connectivity index (χ0v) is 11.3. The van der Waals surface area contributed by atoms with Gasteiger partial charge in [-0.1, -0.05) is 0 Å². The molecule has 0 aromatic heterocycles. The highest BCUT2D eigenvalue weighted by Gasteiger charge is 2.26. The van der Waals surface area contributed by atoms with Gasteiger partial charge in [-0.25, -0.2) is 8.42 Å². The predicted molar refractivity (Wildman–Crippen MR) is 65.0 cm³/mol. The van der Waals surface area contributed by atoms with Crippen molar-refractivity contribution in [3.63, 3.8) is 0 Å². The summed E-state index contributed by atoms with van der Waals surface area (Å²) in [6.07, 6.45) is 0. The minimum absolute atomic E-state index is 0.0258. The lowest BCUT2D eigenvalue weighted by molar-refractivity contribution is -0.121. The third-order valence-corrected chi connectivity index (χ3v) is 4.48. The van der Waals surface area contributed by atoms with Gasteiger partial charge in [0.15, 0.2) is 0 Å². The number of hydrogen-bond donors (Lipinski definition) is 2. The number of carbonyl (C=O) groups is 1. The summed E-state index contributed by atoms with van der Waals surface area (Å²) in [6, 6.07) is 0. The highest BCUT2D eigenvalue weighted by molar-refractivity contribution is 7.89. The molecule has 0 saturated heterocycles. The first-order valence-electron chi connectivity index (χ1n) is 5.27. The molecule has 0 saturated carbocycles. The lowest BCUT2D eigenvalue weighted by atomic mass is 10.5. The fourth-order valence-electron chi connectivity index (χ4n) is 1.07. The van der Waals surface area contributed by atoms with Crippen molar-refractivity contribution in [1.29, 1.82) is 0 Å². The van der Waals surface area contributed by atoms with E-state index in [0.717, 1.165) is 4.31 Å². The summed E-state index contributed by atoms with van der Waals surface area (Å²) in [5, 5.41) is 1.85. The van der Waals surface area contributed by atoms with Gasteiger partial charge < -0.3 is 15.8 Å². The Morgan fingerprint density at radius 2 is 2.12 bits per heavy atom. The maximum atomic E-state index is 11.8. The van der Waals surface area contributed by atoms with Crippen LogP contribution in [0.5, 0.6) is 0 Å². The molecule has 1 atom stereocenters. The molecule has 0 aromatic carbocycles. The van der Waals surface area contributed by atoms with Crippen molar-refractivity contribution >= 4 is 15.9 Å². The molecule has 102 valence electrons. The first kappa shape index (κ1) is 16.3. The van der Waals surface area contributed by atoms with Crippen molar-refractivity contribution in [1.82, 2.24) is 9.62 Å². The number of nitrogens with zero attached hydrogens (tertiary/aromatic N) is 1. The Morgan fingerprint density at radius 1 is 1.53 bits per heavy atom. The molecule has 7 nitrogen and oxygen atoms in total. The van der Waals surface area contributed by atoms with E-state index in [0.29, 0.717) is 13.2 Å². The number of likely N-dealkylation sites (N-methyl/N-ethyl adjacent to an activating group) is 1. The summed E-state index contributed by atoms with van der Waals surface area (Å²) < 4.78 is 29.3. The molecule has 0 fully saturated rings. The molecule has 0 aliphatic rings. The summed E-state index contributed by atoms with van der Waals surface area (Å²) in [7, 11) is -0.620. The quantitative estimate of drug-likeness (QED) is 0.513. The number of rotatable bonds is 8. The number of hydrogen-bond acceptors (Lipinski definition) is 5. The maximum absolute atomic E-state index is 11.8. The van der Waals surface area contributed by atoms with Crippen molar-refractivity contribution in [3.05, 3.63) is 0 Å². The van der Waals surface area contributed by atoms with E-state index in [1.807, 2.05) is 0 Å². The van der Waals surface area contributed by atoms with Crippen LogP contribution < -0.4 is 11.1 Å². The topological polar surface area (TPSA) is 102 Å². The second-order valence-electron chi connectivity index (χ2n) is 3.69. The molecule has 0 aliphatic carbocycles. The van der Waals surface area contributed by atoms with Crippen LogP contribution in [0.15, 0.2) is 0 Å². The van der Waals surface area contributed by atoms with E-state index in [1.165, 1.54) is 21.1 Å². The predicted octanol–water partition coefficient (Wildman–Crippen LogP) is -1.64. The zero-order valence-electron chi connectivity index (χ0n) is 10.5. The lowest BCUT2D eigenvalue weighted by Gasteiger charge is -2.20. The van der Waals surface area contributed by atoms with Crippen LogP contribution in [0.4, 0.5) is 0 Å². The first-order valence-corrected chi connectivity index (χ1v) is 6.77.